The van der Waals surface area contributed by atoms with Crippen molar-refractivity contribution in [2.24, 2.45) is 23.7 Å². The smallest absolute Gasteiger partial charge is 0.220 e. The maximum absolute atomic E-state index is 11.8. The summed E-state index contributed by atoms with van der Waals surface area (Å²) in [6, 6.07) is 0. The van der Waals surface area contributed by atoms with Gasteiger partial charge in [0.05, 0.1) is 0 Å². The highest BCUT2D eigenvalue weighted by molar-refractivity contribution is 5.76. The van der Waals surface area contributed by atoms with Gasteiger partial charge in [-0.2, -0.15) is 0 Å². The quantitative estimate of drug-likeness (QED) is 0.777. The summed E-state index contributed by atoms with van der Waals surface area (Å²) in [5.41, 5.74) is 0. The van der Waals surface area contributed by atoms with Crippen LogP contribution in [0.1, 0.15) is 38.5 Å². The van der Waals surface area contributed by atoms with Crippen LogP contribution in [0.15, 0.2) is 0 Å². The zero-order chi connectivity index (χ0) is 11.7. The third kappa shape index (κ3) is 2.65. The third-order valence-electron chi connectivity index (χ3n) is 5.08. The molecule has 2 aliphatic carbocycles. The van der Waals surface area contributed by atoms with Gasteiger partial charge in [0, 0.05) is 13.0 Å². The average molecular weight is 236 g/mol. The minimum atomic E-state index is 0.279. The lowest BCUT2D eigenvalue weighted by molar-refractivity contribution is -0.122. The van der Waals surface area contributed by atoms with E-state index in [2.05, 4.69) is 10.6 Å². The van der Waals surface area contributed by atoms with Gasteiger partial charge in [0.1, 0.15) is 0 Å². The molecule has 17 heavy (non-hydrogen) atoms. The highest BCUT2D eigenvalue weighted by atomic mass is 16.1. The summed E-state index contributed by atoms with van der Waals surface area (Å²) in [6.07, 6.45) is 7.57. The number of hydrogen-bond donors (Lipinski definition) is 2. The highest BCUT2D eigenvalue weighted by Crippen LogP contribution is 2.47. The van der Waals surface area contributed by atoms with Crippen molar-refractivity contribution >= 4 is 5.91 Å². The van der Waals surface area contributed by atoms with Gasteiger partial charge in [0.2, 0.25) is 5.91 Å². The van der Waals surface area contributed by atoms with Crippen molar-refractivity contribution in [3.8, 4) is 0 Å². The summed E-state index contributed by atoms with van der Waals surface area (Å²) in [4.78, 5) is 11.8. The van der Waals surface area contributed by atoms with E-state index in [0.29, 0.717) is 5.92 Å². The summed E-state index contributed by atoms with van der Waals surface area (Å²) < 4.78 is 0. The van der Waals surface area contributed by atoms with Gasteiger partial charge in [-0.3, -0.25) is 4.79 Å². The summed E-state index contributed by atoms with van der Waals surface area (Å²) >= 11 is 0. The van der Waals surface area contributed by atoms with Crippen LogP contribution in [0.2, 0.25) is 0 Å². The molecule has 96 valence electrons. The Morgan fingerprint density at radius 1 is 1.24 bits per heavy atom. The largest absolute Gasteiger partial charge is 0.356 e. The Balaban J connectivity index is 1.37. The van der Waals surface area contributed by atoms with Gasteiger partial charge in [-0.15, -0.1) is 0 Å². The summed E-state index contributed by atoms with van der Waals surface area (Å²) in [6.45, 7) is 3.06. The van der Waals surface area contributed by atoms with Crippen molar-refractivity contribution in [1.29, 1.82) is 0 Å². The lowest BCUT2D eigenvalue weighted by Gasteiger charge is -2.22. The lowest BCUT2D eigenvalue weighted by Crippen LogP contribution is -2.32. The molecular formula is C14H24N2O. The molecule has 3 aliphatic rings. The van der Waals surface area contributed by atoms with Gasteiger partial charge in [-0.1, -0.05) is 6.42 Å². The fourth-order valence-electron chi connectivity index (χ4n) is 4.09. The maximum Gasteiger partial charge on any atom is 0.220 e. The van der Waals surface area contributed by atoms with Gasteiger partial charge in [-0.05, 0) is 62.4 Å². The van der Waals surface area contributed by atoms with Crippen molar-refractivity contribution in [3.63, 3.8) is 0 Å². The molecule has 4 atom stereocenters. The fourth-order valence-corrected chi connectivity index (χ4v) is 4.09. The van der Waals surface area contributed by atoms with E-state index in [1.807, 2.05) is 0 Å². The van der Waals surface area contributed by atoms with Gasteiger partial charge in [0.15, 0.2) is 0 Å². The fraction of sp³-hybridized carbons (Fsp3) is 0.929. The molecule has 3 rings (SSSR count). The Morgan fingerprint density at radius 2 is 2.18 bits per heavy atom. The molecule has 0 aromatic rings. The van der Waals surface area contributed by atoms with Crippen LogP contribution in [0.3, 0.4) is 0 Å². The van der Waals surface area contributed by atoms with Crippen molar-refractivity contribution in [2.45, 2.75) is 38.5 Å². The molecule has 1 heterocycles. The monoisotopic (exact) mass is 236 g/mol. The Labute approximate surface area is 104 Å². The van der Waals surface area contributed by atoms with Crippen molar-refractivity contribution < 1.29 is 4.79 Å². The van der Waals surface area contributed by atoms with E-state index in [4.69, 9.17) is 0 Å². The second-order valence-electron chi connectivity index (χ2n) is 6.30. The first-order valence-corrected chi connectivity index (χ1v) is 7.28. The third-order valence-corrected chi connectivity index (χ3v) is 5.08. The van der Waals surface area contributed by atoms with E-state index < -0.39 is 0 Å². The lowest BCUT2D eigenvalue weighted by atomic mass is 9.89. The van der Waals surface area contributed by atoms with E-state index in [1.165, 1.54) is 32.1 Å². The number of carbonyl (C=O) groups is 1. The zero-order valence-electron chi connectivity index (χ0n) is 10.6. The molecule has 0 aromatic carbocycles. The second-order valence-corrected chi connectivity index (χ2v) is 6.30. The minimum Gasteiger partial charge on any atom is -0.356 e. The van der Waals surface area contributed by atoms with Crippen LogP contribution in [0.4, 0.5) is 0 Å². The average Bonchev–Trinajstić information content (AvgIpc) is 3.02. The Kier molecular flexibility index (Phi) is 3.37. The van der Waals surface area contributed by atoms with Crippen molar-refractivity contribution in [1.82, 2.24) is 10.6 Å². The van der Waals surface area contributed by atoms with Crippen molar-refractivity contribution in [3.05, 3.63) is 0 Å². The molecule has 1 aliphatic heterocycles. The highest BCUT2D eigenvalue weighted by Gasteiger charge is 2.39. The number of nitrogens with one attached hydrogen (secondary N) is 2. The number of rotatable bonds is 4. The van der Waals surface area contributed by atoms with Crippen LogP contribution in [0.5, 0.6) is 0 Å². The maximum atomic E-state index is 11.8. The van der Waals surface area contributed by atoms with Crippen LogP contribution in [0.25, 0.3) is 0 Å². The molecule has 3 nitrogen and oxygen atoms in total. The van der Waals surface area contributed by atoms with Crippen LogP contribution in [-0.4, -0.2) is 25.5 Å². The number of carbonyl (C=O) groups excluding carboxylic acids is 1. The normalized spacial score (nSPS) is 39.8. The molecule has 2 saturated carbocycles. The SMILES string of the molecule is O=C(CC1CCNC1)NCC1CC2CCC1C2. The molecule has 0 aromatic heterocycles. The topological polar surface area (TPSA) is 41.1 Å². The standard InChI is InChI=1S/C14H24N2O/c17-14(7-11-3-4-15-8-11)16-9-13-6-10-1-2-12(13)5-10/h10-13,15H,1-9H2,(H,16,17). The number of hydrogen-bond acceptors (Lipinski definition) is 2. The van der Waals surface area contributed by atoms with Crippen molar-refractivity contribution in [2.75, 3.05) is 19.6 Å². The van der Waals surface area contributed by atoms with E-state index in [-0.39, 0.29) is 5.91 Å². The van der Waals surface area contributed by atoms with E-state index in [0.717, 1.165) is 43.8 Å². The summed E-state index contributed by atoms with van der Waals surface area (Å²) in [7, 11) is 0. The van der Waals surface area contributed by atoms with Crippen LogP contribution in [0, 0.1) is 23.7 Å². The Bertz CT molecular complexity index is 286. The minimum absolute atomic E-state index is 0.279. The molecule has 0 spiro atoms. The van der Waals surface area contributed by atoms with E-state index in [9.17, 15) is 4.79 Å². The molecule has 0 radical (unpaired) electrons. The molecular weight excluding hydrogens is 212 g/mol. The zero-order valence-corrected chi connectivity index (χ0v) is 10.6. The van der Waals surface area contributed by atoms with Gasteiger partial charge < -0.3 is 10.6 Å². The molecule has 3 heteroatoms. The molecule has 2 N–H and O–H groups in total. The second kappa shape index (κ2) is 4.97. The summed E-state index contributed by atoms with van der Waals surface area (Å²) in [5, 5.41) is 6.49. The molecule has 3 fully saturated rings. The molecule has 1 amide bonds. The predicted octanol–water partition coefficient (Wildman–Crippen LogP) is 1.54. The van der Waals surface area contributed by atoms with Crippen LogP contribution >= 0.6 is 0 Å². The first kappa shape index (κ1) is 11.5. The first-order chi connectivity index (χ1) is 8.31. The van der Waals surface area contributed by atoms with Gasteiger partial charge in [-0.25, -0.2) is 0 Å². The van der Waals surface area contributed by atoms with E-state index in [1.54, 1.807) is 0 Å². The summed E-state index contributed by atoms with van der Waals surface area (Å²) in [5.74, 6) is 3.56. The van der Waals surface area contributed by atoms with E-state index >= 15 is 0 Å². The number of fused-ring (bicyclic) bond motifs is 2. The predicted molar refractivity (Wildman–Crippen MR) is 67.5 cm³/mol. The van der Waals surface area contributed by atoms with Gasteiger partial charge in [0.25, 0.3) is 0 Å². The first-order valence-electron chi connectivity index (χ1n) is 7.28. The van der Waals surface area contributed by atoms with Crippen LogP contribution in [-0.2, 0) is 4.79 Å². The van der Waals surface area contributed by atoms with Crippen LogP contribution < -0.4 is 10.6 Å². The molecule has 1 saturated heterocycles. The Morgan fingerprint density at radius 3 is 2.82 bits per heavy atom. The Hall–Kier alpha value is -0.570. The molecule has 4 unspecified atom stereocenters. The molecule has 2 bridgehead atoms. The number of amides is 1. The van der Waals surface area contributed by atoms with Gasteiger partial charge >= 0.3 is 0 Å².